The van der Waals surface area contributed by atoms with Gasteiger partial charge in [-0.1, -0.05) is 115 Å². The Kier molecular flexibility index (Phi) is 6.33. The molecule has 2 aliphatic rings. The molecule has 2 unspecified atom stereocenters. The van der Waals surface area contributed by atoms with E-state index in [2.05, 4.69) is 119 Å². The van der Waals surface area contributed by atoms with Crippen LogP contribution in [-0.2, 0) is 0 Å². The standard InChI is InChI=1S/C46H30N4O2/c1-2-11-27(12-3-1)43-48-44(50-45(49-43)36-18-10-20-39-41(36)35-17-8-9-19-38(35)51-39)34-22-21-32(30-15-6-7-16-31(30)34)33-23-24-47-46-42(33)37-25-28-13-4-5-14-29(28)26-40(37)52-46/h1-6,8-15,17-23,25-26,44-45,47,50H,24H2,(H,48,49). The largest absolute Gasteiger partial charge is 0.456 e. The van der Waals surface area contributed by atoms with Crippen LogP contribution in [0.5, 0.6) is 0 Å². The van der Waals surface area contributed by atoms with Crippen LogP contribution in [0.2, 0.25) is 0 Å². The van der Waals surface area contributed by atoms with E-state index in [1.54, 1.807) is 0 Å². The van der Waals surface area contributed by atoms with Crippen molar-refractivity contribution in [3.05, 3.63) is 179 Å². The second kappa shape index (κ2) is 11.4. The summed E-state index contributed by atoms with van der Waals surface area (Å²) in [6.45, 7) is 0.673. The minimum Gasteiger partial charge on any atom is -0.456 e. The molecule has 11 rings (SSSR count). The second-order valence-corrected chi connectivity index (χ2v) is 13.4. The van der Waals surface area contributed by atoms with E-state index < -0.39 is 0 Å². The molecule has 0 amide bonds. The van der Waals surface area contributed by atoms with Gasteiger partial charge in [0.1, 0.15) is 34.9 Å². The molecular formula is C46H30N4O2. The van der Waals surface area contributed by atoms with Gasteiger partial charge in [0.2, 0.25) is 5.88 Å². The van der Waals surface area contributed by atoms with Crippen molar-refractivity contribution in [3.8, 4) is 0 Å². The van der Waals surface area contributed by atoms with Gasteiger partial charge in [-0.2, -0.15) is 0 Å². The van der Waals surface area contributed by atoms with Crippen molar-refractivity contribution in [1.29, 1.82) is 0 Å². The SMILES string of the molecule is c1ccc2c(C3=CCNc4oc5cc6ccccc6cc5c43)ccc(C3NC(c4ccccc4)=NC(c4cccc5oc6ccccc6c45)N3)c2c#1. The number of furan rings is 2. The topological polar surface area (TPSA) is 74.7 Å². The number of anilines is 1. The van der Waals surface area contributed by atoms with E-state index >= 15 is 0 Å². The van der Waals surface area contributed by atoms with Crippen LogP contribution >= 0.6 is 0 Å². The van der Waals surface area contributed by atoms with E-state index in [0.717, 1.165) is 94.2 Å². The molecule has 6 heteroatoms. The number of para-hydroxylation sites is 1. The summed E-state index contributed by atoms with van der Waals surface area (Å²) in [5, 5.41) is 18.8. The third-order valence-electron chi connectivity index (χ3n) is 10.4. The van der Waals surface area contributed by atoms with Gasteiger partial charge in [0.15, 0.2) is 0 Å². The molecule has 52 heavy (non-hydrogen) atoms. The highest BCUT2D eigenvalue weighted by atomic mass is 16.4. The number of hydrogen-bond acceptors (Lipinski definition) is 6. The molecule has 3 N–H and O–H groups in total. The van der Waals surface area contributed by atoms with Crippen LogP contribution in [-0.4, -0.2) is 12.4 Å². The fourth-order valence-electron chi connectivity index (χ4n) is 8.08. The summed E-state index contributed by atoms with van der Waals surface area (Å²) in [5.74, 6) is 1.62. The number of rotatable bonds is 4. The summed E-state index contributed by atoms with van der Waals surface area (Å²) in [6, 6.07) is 52.9. The molecule has 4 heterocycles. The second-order valence-electron chi connectivity index (χ2n) is 13.4. The Labute approximate surface area is 299 Å². The Balaban J connectivity index is 1.06. The zero-order chi connectivity index (χ0) is 34.2. The molecule has 2 aromatic heterocycles. The minimum absolute atomic E-state index is 0.284. The lowest BCUT2D eigenvalue weighted by Gasteiger charge is -2.33. The third kappa shape index (κ3) is 4.47. The quantitative estimate of drug-likeness (QED) is 0.174. The van der Waals surface area contributed by atoms with Gasteiger partial charge < -0.3 is 19.5 Å². The van der Waals surface area contributed by atoms with E-state index in [-0.39, 0.29) is 12.3 Å². The molecule has 0 saturated carbocycles. The van der Waals surface area contributed by atoms with Crippen LogP contribution in [0.4, 0.5) is 5.88 Å². The first-order chi connectivity index (χ1) is 25.8. The zero-order valence-electron chi connectivity index (χ0n) is 27.9. The minimum atomic E-state index is -0.351. The highest BCUT2D eigenvalue weighted by Crippen LogP contribution is 2.44. The van der Waals surface area contributed by atoms with Crippen molar-refractivity contribution in [1.82, 2.24) is 10.6 Å². The van der Waals surface area contributed by atoms with Gasteiger partial charge in [0.25, 0.3) is 0 Å². The number of aliphatic imine (C=N–C) groups is 1. The van der Waals surface area contributed by atoms with Crippen molar-refractivity contribution >= 4 is 71.7 Å². The number of hydrogen-bond donors (Lipinski definition) is 3. The summed E-state index contributed by atoms with van der Waals surface area (Å²) in [6.07, 6.45) is 1.63. The van der Waals surface area contributed by atoms with Crippen LogP contribution in [0.1, 0.15) is 40.1 Å². The van der Waals surface area contributed by atoms with Crippen LogP contribution in [0.25, 0.3) is 60.0 Å². The lowest BCUT2D eigenvalue weighted by Crippen LogP contribution is -2.45. The predicted molar refractivity (Wildman–Crippen MR) is 209 cm³/mol. The first-order valence-corrected chi connectivity index (χ1v) is 17.6. The molecule has 2 aliphatic heterocycles. The van der Waals surface area contributed by atoms with Gasteiger partial charge in [0, 0.05) is 44.8 Å². The van der Waals surface area contributed by atoms with Crippen molar-refractivity contribution < 1.29 is 8.83 Å². The lowest BCUT2D eigenvalue weighted by atomic mass is 9.88. The summed E-state index contributed by atoms with van der Waals surface area (Å²) in [7, 11) is 0. The Morgan fingerprint density at radius 1 is 0.673 bits per heavy atom. The lowest BCUT2D eigenvalue weighted by molar-refractivity contribution is 0.412. The van der Waals surface area contributed by atoms with Gasteiger partial charge in [-0.15, -0.1) is 0 Å². The fourth-order valence-corrected chi connectivity index (χ4v) is 8.08. The van der Waals surface area contributed by atoms with E-state index in [9.17, 15) is 0 Å². The molecular weight excluding hydrogens is 641 g/mol. The molecule has 7 aromatic carbocycles. The van der Waals surface area contributed by atoms with Gasteiger partial charge in [-0.3, -0.25) is 5.32 Å². The predicted octanol–water partition coefficient (Wildman–Crippen LogP) is 10.4. The summed E-state index contributed by atoms with van der Waals surface area (Å²) in [4.78, 5) is 5.28. The molecule has 0 saturated heterocycles. The first kappa shape index (κ1) is 29.0. The fraction of sp³-hybridized carbons (Fsp3) is 0.0652. The maximum atomic E-state index is 6.43. The van der Waals surface area contributed by atoms with Gasteiger partial charge in [-0.25, -0.2) is 4.99 Å². The van der Waals surface area contributed by atoms with E-state index in [0.29, 0.717) is 6.54 Å². The van der Waals surface area contributed by atoms with Crippen molar-refractivity contribution in [2.45, 2.75) is 12.3 Å². The number of fused-ring (bicyclic) bond motifs is 8. The van der Waals surface area contributed by atoms with Crippen LogP contribution in [0.15, 0.2) is 153 Å². The van der Waals surface area contributed by atoms with E-state index in [4.69, 9.17) is 13.8 Å². The monoisotopic (exact) mass is 670 g/mol. The third-order valence-corrected chi connectivity index (χ3v) is 10.4. The van der Waals surface area contributed by atoms with Gasteiger partial charge >= 0.3 is 0 Å². The normalized spacial score (nSPS) is 17.1. The van der Waals surface area contributed by atoms with Crippen molar-refractivity contribution in [2.24, 2.45) is 4.99 Å². The Hall–Kier alpha value is -6.81. The Bertz CT molecular complexity index is 2940. The Morgan fingerprint density at radius 3 is 2.42 bits per heavy atom. The van der Waals surface area contributed by atoms with E-state index in [1.165, 1.54) is 5.39 Å². The molecule has 0 spiro atoms. The number of nitrogens with one attached hydrogen (secondary N) is 3. The average Bonchev–Trinajstić information content (AvgIpc) is 3.78. The van der Waals surface area contributed by atoms with Crippen LogP contribution in [0.3, 0.4) is 0 Å². The Morgan fingerprint density at radius 2 is 1.50 bits per heavy atom. The summed E-state index contributed by atoms with van der Waals surface area (Å²) in [5.41, 5.74) is 9.08. The van der Waals surface area contributed by atoms with E-state index in [1.807, 2.05) is 48.5 Å². The molecule has 0 aliphatic carbocycles. The van der Waals surface area contributed by atoms with Crippen molar-refractivity contribution in [3.63, 3.8) is 0 Å². The van der Waals surface area contributed by atoms with Gasteiger partial charge in [0.05, 0.1) is 5.56 Å². The maximum Gasteiger partial charge on any atom is 0.202 e. The molecule has 6 nitrogen and oxygen atoms in total. The molecule has 246 valence electrons. The smallest absolute Gasteiger partial charge is 0.202 e. The van der Waals surface area contributed by atoms with Crippen molar-refractivity contribution in [2.75, 3.05) is 11.9 Å². The van der Waals surface area contributed by atoms with Crippen LogP contribution in [0, 0.1) is 12.1 Å². The number of benzene rings is 6. The molecule has 0 bridgehead atoms. The molecule has 9 aromatic rings. The first-order valence-electron chi connectivity index (χ1n) is 17.6. The molecule has 0 radical (unpaired) electrons. The van der Waals surface area contributed by atoms with Crippen LogP contribution < -0.4 is 16.0 Å². The van der Waals surface area contributed by atoms with Gasteiger partial charge in [-0.05, 0) is 63.7 Å². The highest BCUT2D eigenvalue weighted by molar-refractivity contribution is 6.11. The summed E-state index contributed by atoms with van der Waals surface area (Å²) < 4.78 is 12.7. The molecule has 2 atom stereocenters. The maximum absolute atomic E-state index is 6.43. The number of amidine groups is 1. The highest BCUT2D eigenvalue weighted by Gasteiger charge is 2.30. The zero-order valence-corrected chi connectivity index (χ0v) is 27.9. The number of nitrogens with zero attached hydrogens (tertiary/aromatic N) is 1. The summed E-state index contributed by atoms with van der Waals surface area (Å²) >= 11 is 0. The molecule has 0 fully saturated rings. The average molecular weight is 671 g/mol.